The van der Waals surface area contributed by atoms with Gasteiger partial charge in [-0.25, -0.2) is 19.2 Å². The standard InChI is InChI=1S/C16H24BFN2O3S/c1-6-19(7-2)16(21)20-14-11(9-8-10-12(14)17(22)23)13(18)15(20)24(3,4)5/h8-10,22-23H,6-7H2,1-5H3. The van der Waals surface area contributed by atoms with Crippen LogP contribution in [0.25, 0.3) is 10.9 Å². The third kappa shape index (κ3) is 3.05. The van der Waals surface area contributed by atoms with Crippen molar-refractivity contribution in [3.05, 3.63) is 24.0 Å². The van der Waals surface area contributed by atoms with Crippen LogP contribution in [0.4, 0.5) is 9.18 Å². The molecule has 1 aromatic carbocycles. The van der Waals surface area contributed by atoms with Gasteiger partial charge in [0, 0.05) is 23.9 Å². The minimum Gasteiger partial charge on any atom is -0.423 e. The van der Waals surface area contributed by atoms with Crippen molar-refractivity contribution in [2.45, 2.75) is 18.9 Å². The molecule has 5 nitrogen and oxygen atoms in total. The molecule has 0 saturated carbocycles. The second-order valence-electron chi connectivity index (χ2n) is 6.36. The number of benzene rings is 1. The maximum absolute atomic E-state index is 15.1. The molecule has 1 amide bonds. The number of hydrogen-bond acceptors (Lipinski definition) is 3. The Morgan fingerprint density at radius 1 is 1.25 bits per heavy atom. The van der Waals surface area contributed by atoms with Crippen molar-refractivity contribution >= 4 is 39.5 Å². The maximum Gasteiger partial charge on any atom is 0.490 e. The summed E-state index contributed by atoms with van der Waals surface area (Å²) in [5, 5.41) is 19.9. The van der Waals surface area contributed by atoms with E-state index in [2.05, 4.69) is 0 Å². The van der Waals surface area contributed by atoms with Gasteiger partial charge in [-0.1, -0.05) is 12.1 Å². The van der Waals surface area contributed by atoms with Gasteiger partial charge in [-0.15, -0.1) is 0 Å². The fraction of sp³-hybridized carbons (Fsp3) is 0.438. The molecule has 0 aliphatic rings. The minimum absolute atomic E-state index is 0.127. The summed E-state index contributed by atoms with van der Waals surface area (Å²) < 4.78 is 16.5. The number of fused-ring (bicyclic) bond motifs is 1. The van der Waals surface area contributed by atoms with Crippen molar-refractivity contribution in [1.29, 1.82) is 0 Å². The molecule has 0 saturated heterocycles. The van der Waals surface area contributed by atoms with Crippen LogP contribution < -0.4 is 5.46 Å². The van der Waals surface area contributed by atoms with E-state index in [4.69, 9.17) is 0 Å². The molecule has 2 aromatic rings. The van der Waals surface area contributed by atoms with Crippen LogP contribution in [0.1, 0.15) is 13.8 Å². The lowest BCUT2D eigenvalue weighted by Crippen LogP contribution is -2.38. The SMILES string of the molecule is CCN(CC)C(=O)n1c(S(C)(C)C)c(F)c2cccc(B(O)O)c21. The Bertz CT molecular complexity index is 767. The van der Waals surface area contributed by atoms with Crippen molar-refractivity contribution < 1.29 is 19.2 Å². The van der Waals surface area contributed by atoms with E-state index in [9.17, 15) is 14.8 Å². The Labute approximate surface area is 143 Å². The van der Waals surface area contributed by atoms with Crippen LogP contribution in [-0.2, 0) is 0 Å². The van der Waals surface area contributed by atoms with Crippen molar-refractivity contribution in [3.63, 3.8) is 0 Å². The number of hydrogen-bond donors (Lipinski definition) is 2. The number of amides is 1. The average molecular weight is 354 g/mol. The first-order chi connectivity index (χ1) is 11.1. The van der Waals surface area contributed by atoms with Crippen molar-refractivity contribution in [3.8, 4) is 0 Å². The minimum atomic E-state index is -1.78. The van der Waals surface area contributed by atoms with Crippen molar-refractivity contribution in [2.24, 2.45) is 0 Å². The molecule has 0 radical (unpaired) electrons. The molecular formula is C16H24BFN2O3S. The molecule has 0 unspecified atom stereocenters. The number of aromatic nitrogens is 1. The molecule has 132 valence electrons. The molecule has 8 heteroatoms. The van der Waals surface area contributed by atoms with E-state index in [0.717, 1.165) is 0 Å². The number of carbonyl (C=O) groups is 1. The molecule has 24 heavy (non-hydrogen) atoms. The van der Waals surface area contributed by atoms with Gasteiger partial charge in [0.2, 0.25) is 0 Å². The zero-order valence-electron chi connectivity index (χ0n) is 14.7. The van der Waals surface area contributed by atoms with Gasteiger partial charge in [-0.05, 0) is 38.7 Å². The van der Waals surface area contributed by atoms with Crippen molar-refractivity contribution in [1.82, 2.24) is 9.47 Å². The Morgan fingerprint density at radius 2 is 1.83 bits per heavy atom. The normalized spacial score (nSPS) is 12.5. The number of carbonyl (C=O) groups excluding carboxylic acids is 1. The van der Waals surface area contributed by atoms with E-state index >= 15 is 4.39 Å². The van der Waals surface area contributed by atoms with Gasteiger partial charge in [0.05, 0.1) is 5.52 Å². The maximum atomic E-state index is 15.1. The van der Waals surface area contributed by atoms with E-state index in [0.29, 0.717) is 18.1 Å². The Balaban J connectivity index is 2.95. The molecule has 1 heterocycles. The molecule has 1 aromatic heterocycles. The first kappa shape index (κ1) is 18.8. The average Bonchev–Trinajstić information content (AvgIpc) is 2.81. The zero-order chi connectivity index (χ0) is 18.2. The van der Waals surface area contributed by atoms with E-state index in [-0.39, 0.29) is 22.4 Å². The summed E-state index contributed by atoms with van der Waals surface area (Å²) in [5.74, 6) is -0.462. The van der Waals surface area contributed by atoms with Gasteiger partial charge in [0.25, 0.3) is 0 Å². The number of rotatable bonds is 4. The second kappa shape index (κ2) is 6.78. The number of halogens is 1. The van der Waals surface area contributed by atoms with Gasteiger partial charge in [-0.2, -0.15) is 0 Å². The predicted molar refractivity (Wildman–Crippen MR) is 99.1 cm³/mol. The van der Waals surface area contributed by atoms with Crippen LogP contribution >= 0.6 is 10.0 Å². The lowest BCUT2D eigenvalue weighted by Gasteiger charge is -2.29. The highest BCUT2D eigenvalue weighted by Gasteiger charge is 2.32. The fourth-order valence-electron chi connectivity index (χ4n) is 2.87. The fourth-order valence-corrected chi connectivity index (χ4v) is 4.24. The molecule has 0 aliphatic carbocycles. The van der Waals surface area contributed by atoms with Gasteiger partial charge < -0.3 is 14.9 Å². The van der Waals surface area contributed by atoms with Crippen LogP contribution in [0.3, 0.4) is 0 Å². The molecular weight excluding hydrogens is 330 g/mol. The van der Waals surface area contributed by atoms with Crippen LogP contribution in [0.15, 0.2) is 23.2 Å². The molecule has 0 atom stereocenters. The highest BCUT2D eigenvalue weighted by atomic mass is 32.3. The topological polar surface area (TPSA) is 65.7 Å². The second-order valence-corrected chi connectivity index (χ2v) is 10.4. The van der Waals surface area contributed by atoms with Crippen molar-refractivity contribution in [2.75, 3.05) is 31.9 Å². The van der Waals surface area contributed by atoms with Crippen LogP contribution in [0.5, 0.6) is 0 Å². The van der Waals surface area contributed by atoms with Gasteiger partial charge in [0.1, 0.15) is 5.03 Å². The molecule has 0 spiro atoms. The zero-order valence-corrected chi connectivity index (χ0v) is 15.5. The van der Waals surface area contributed by atoms with Gasteiger partial charge >= 0.3 is 13.1 Å². The summed E-state index contributed by atoms with van der Waals surface area (Å²) in [6.07, 6.45) is 5.72. The quantitative estimate of drug-likeness (QED) is 0.824. The first-order valence-corrected chi connectivity index (χ1v) is 10.7. The highest BCUT2D eigenvalue weighted by Crippen LogP contribution is 2.49. The van der Waals surface area contributed by atoms with E-state index in [1.54, 1.807) is 17.0 Å². The summed E-state index contributed by atoms with van der Waals surface area (Å²) in [6.45, 7) is 4.68. The first-order valence-electron chi connectivity index (χ1n) is 7.81. The summed E-state index contributed by atoms with van der Waals surface area (Å²) in [5.41, 5.74) is 0.362. The monoisotopic (exact) mass is 354 g/mol. The van der Waals surface area contributed by atoms with E-state index < -0.39 is 23.0 Å². The lowest BCUT2D eigenvalue weighted by atomic mass is 9.79. The third-order valence-corrected chi connectivity index (χ3v) is 5.52. The van der Waals surface area contributed by atoms with E-state index in [1.807, 2.05) is 32.6 Å². The van der Waals surface area contributed by atoms with Crippen LogP contribution in [0, 0.1) is 5.82 Å². The summed E-state index contributed by atoms with van der Waals surface area (Å²) in [6, 6.07) is 4.28. The Kier molecular flexibility index (Phi) is 5.32. The molecule has 0 bridgehead atoms. The van der Waals surface area contributed by atoms with Gasteiger partial charge in [0.15, 0.2) is 5.82 Å². The Morgan fingerprint density at radius 3 is 2.29 bits per heavy atom. The van der Waals surface area contributed by atoms with Gasteiger partial charge in [-0.3, -0.25) is 4.57 Å². The lowest BCUT2D eigenvalue weighted by molar-refractivity contribution is 0.203. The largest absolute Gasteiger partial charge is 0.490 e. The third-order valence-electron chi connectivity index (χ3n) is 4.00. The molecule has 0 fully saturated rings. The number of nitrogens with zero attached hydrogens (tertiary/aromatic N) is 2. The molecule has 2 rings (SSSR count). The number of para-hydroxylation sites is 1. The summed E-state index contributed by atoms with van der Waals surface area (Å²) in [4.78, 5) is 14.6. The summed E-state index contributed by atoms with van der Waals surface area (Å²) >= 11 is 0. The molecule has 0 aliphatic heterocycles. The highest BCUT2D eigenvalue weighted by molar-refractivity contribution is 8.32. The smallest absolute Gasteiger partial charge is 0.423 e. The summed E-state index contributed by atoms with van der Waals surface area (Å²) in [7, 11) is -3.37. The molecule has 2 N–H and O–H groups in total. The van der Waals surface area contributed by atoms with Crippen LogP contribution in [-0.4, -0.2) is 64.5 Å². The Hall–Kier alpha value is -1.51. The predicted octanol–water partition coefficient (Wildman–Crippen LogP) is 1.82. The van der Waals surface area contributed by atoms with Crippen LogP contribution in [0.2, 0.25) is 0 Å². The van der Waals surface area contributed by atoms with E-state index in [1.165, 1.54) is 10.6 Å².